The Hall–Kier alpha value is -1.40. The zero-order chi connectivity index (χ0) is 16.0. The van der Waals surface area contributed by atoms with Crippen LogP contribution in [0.1, 0.15) is 60.5 Å². The first-order valence-corrected chi connectivity index (χ1v) is 8.70. The predicted molar refractivity (Wildman–Crippen MR) is 84.2 cm³/mol. The van der Waals surface area contributed by atoms with Crippen molar-refractivity contribution in [2.75, 3.05) is 13.2 Å². The standard InChI is InChI=1S/C17H25N3O3/c1-20-10-12(15(19-20)11-3-2-4-11)16(22)18-13-9-14(21)17(13)5-7-23-8-6-17/h10-11,13-14,21H,2-9H2,1H3,(H,18,22)/t13-,14-/m1/s1. The predicted octanol–water partition coefficient (Wildman–Crippen LogP) is 1.35. The van der Waals surface area contributed by atoms with Crippen molar-refractivity contribution in [3.63, 3.8) is 0 Å². The number of aryl methyl sites for hydroxylation is 1. The van der Waals surface area contributed by atoms with Crippen molar-refractivity contribution in [3.8, 4) is 0 Å². The number of carbonyl (C=O) groups is 1. The van der Waals surface area contributed by atoms with Gasteiger partial charge in [-0.3, -0.25) is 9.48 Å². The van der Waals surface area contributed by atoms with Crippen LogP contribution in [0.5, 0.6) is 0 Å². The van der Waals surface area contributed by atoms with E-state index < -0.39 is 0 Å². The first-order chi connectivity index (χ1) is 11.1. The van der Waals surface area contributed by atoms with Crippen molar-refractivity contribution in [1.29, 1.82) is 0 Å². The van der Waals surface area contributed by atoms with Crippen LogP contribution in [0.2, 0.25) is 0 Å². The minimum absolute atomic E-state index is 0.0391. The molecule has 0 aromatic carbocycles. The molecule has 23 heavy (non-hydrogen) atoms. The minimum Gasteiger partial charge on any atom is -0.392 e. The van der Waals surface area contributed by atoms with Crippen molar-refractivity contribution in [2.45, 2.75) is 56.6 Å². The van der Waals surface area contributed by atoms with E-state index in [-0.39, 0.29) is 23.5 Å². The Labute approximate surface area is 136 Å². The molecule has 3 fully saturated rings. The van der Waals surface area contributed by atoms with Crippen LogP contribution >= 0.6 is 0 Å². The van der Waals surface area contributed by atoms with Crippen LogP contribution in [0, 0.1) is 5.41 Å². The highest BCUT2D eigenvalue weighted by molar-refractivity contribution is 5.95. The Morgan fingerprint density at radius 1 is 1.43 bits per heavy atom. The molecule has 2 saturated carbocycles. The third kappa shape index (κ3) is 2.39. The fourth-order valence-electron chi connectivity index (χ4n) is 4.30. The van der Waals surface area contributed by atoms with Crippen molar-refractivity contribution in [2.24, 2.45) is 12.5 Å². The molecular formula is C17H25N3O3. The van der Waals surface area contributed by atoms with Crippen molar-refractivity contribution < 1.29 is 14.6 Å². The molecule has 0 radical (unpaired) electrons. The summed E-state index contributed by atoms with van der Waals surface area (Å²) in [5.41, 5.74) is 1.46. The Balaban J connectivity index is 1.50. The van der Waals surface area contributed by atoms with Crippen molar-refractivity contribution in [1.82, 2.24) is 15.1 Å². The summed E-state index contributed by atoms with van der Waals surface area (Å²) in [7, 11) is 1.87. The van der Waals surface area contributed by atoms with E-state index in [0.717, 1.165) is 31.4 Å². The van der Waals surface area contributed by atoms with E-state index in [9.17, 15) is 9.90 Å². The Bertz CT molecular complexity index is 602. The van der Waals surface area contributed by atoms with Gasteiger partial charge in [-0.15, -0.1) is 0 Å². The lowest BCUT2D eigenvalue weighted by Gasteiger charge is -2.55. The molecule has 1 amide bonds. The number of nitrogens with one attached hydrogen (secondary N) is 1. The number of nitrogens with zero attached hydrogens (tertiary/aromatic N) is 2. The van der Waals surface area contributed by atoms with E-state index in [1.807, 2.05) is 13.2 Å². The molecule has 1 saturated heterocycles. The average Bonchev–Trinajstić information content (AvgIpc) is 2.87. The van der Waals surface area contributed by atoms with Gasteiger partial charge in [-0.05, 0) is 32.1 Å². The number of amides is 1. The topological polar surface area (TPSA) is 76.4 Å². The Morgan fingerprint density at radius 2 is 2.17 bits per heavy atom. The van der Waals surface area contributed by atoms with E-state index in [4.69, 9.17) is 4.74 Å². The summed E-state index contributed by atoms with van der Waals surface area (Å²) >= 11 is 0. The number of aliphatic hydroxyl groups excluding tert-OH is 1. The number of hydrogen-bond donors (Lipinski definition) is 2. The number of aliphatic hydroxyl groups is 1. The van der Waals surface area contributed by atoms with E-state index in [0.29, 0.717) is 31.1 Å². The summed E-state index contributed by atoms with van der Waals surface area (Å²) in [6, 6.07) is 0.0448. The van der Waals surface area contributed by atoms with Crippen molar-refractivity contribution in [3.05, 3.63) is 17.5 Å². The third-order valence-electron chi connectivity index (χ3n) is 6.14. The molecule has 2 N–H and O–H groups in total. The summed E-state index contributed by atoms with van der Waals surface area (Å²) in [6.45, 7) is 1.34. The zero-order valence-electron chi connectivity index (χ0n) is 13.6. The maximum absolute atomic E-state index is 12.8. The van der Waals surface area contributed by atoms with Crippen LogP contribution in [0.25, 0.3) is 0 Å². The molecule has 1 spiro atoms. The average molecular weight is 319 g/mol. The maximum Gasteiger partial charge on any atom is 0.255 e. The van der Waals surface area contributed by atoms with Gasteiger partial charge in [0.05, 0.1) is 17.4 Å². The van der Waals surface area contributed by atoms with E-state index in [2.05, 4.69) is 10.4 Å². The van der Waals surface area contributed by atoms with Crippen LogP contribution in [0.15, 0.2) is 6.20 Å². The van der Waals surface area contributed by atoms with Crippen LogP contribution in [-0.2, 0) is 11.8 Å². The quantitative estimate of drug-likeness (QED) is 0.882. The van der Waals surface area contributed by atoms with Crippen LogP contribution < -0.4 is 5.32 Å². The molecule has 1 aromatic rings. The second-order valence-electron chi connectivity index (χ2n) is 7.35. The largest absolute Gasteiger partial charge is 0.392 e. The Kier molecular flexibility index (Phi) is 3.69. The second kappa shape index (κ2) is 5.60. The number of ether oxygens (including phenoxy) is 1. The molecule has 0 unspecified atom stereocenters. The molecule has 3 aliphatic rings. The molecule has 6 nitrogen and oxygen atoms in total. The van der Waals surface area contributed by atoms with E-state index >= 15 is 0 Å². The molecule has 2 heterocycles. The monoisotopic (exact) mass is 319 g/mol. The number of carbonyl (C=O) groups excluding carboxylic acids is 1. The number of aromatic nitrogens is 2. The molecule has 2 atom stereocenters. The minimum atomic E-state index is -0.322. The lowest BCUT2D eigenvalue weighted by Crippen LogP contribution is -2.65. The molecule has 0 bridgehead atoms. The lowest BCUT2D eigenvalue weighted by atomic mass is 9.58. The third-order valence-corrected chi connectivity index (χ3v) is 6.14. The van der Waals surface area contributed by atoms with Gasteiger partial charge in [-0.25, -0.2) is 0 Å². The van der Waals surface area contributed by atoms with E-state index in [1.165, 1.54) is 6.42 Å². The van der Waals surface area contributed by atoms with Gasteiger partial charge in [0.2, 0.25) is 0 Å². The summed E-state index contributed by atoms with van der Waals surface area (Å²) < 4.78 is 7.16. The molecule has 6 heteroatoms. The molecule has 4 rings (SSSR count). The fraction of sp³-hybridized carbons (Fsp3) is 0.765. The van der Waals surface area contributed by atoms with E-state index in [1.54, 1.807) is 4.68 Å². The molecular weight excluding hydrogens is 294 g/mol. The van der Waals surface area contributed by atoms with Gasteiger partial charge in [0.15, 0.2) is 0 Å². The Morgan fingerprint density at radius 3 is 2.78 bits per heavy atom. The summed E-state index contributed by atoms with van der Waals surface area (Å²) in [5, 5.41) is 17.9. The fourth-order valence-corrected chi connectivity index (χ4v) is 4.30. The van der Waals surface area contributed by atoms with Crippen LogP contribution in [-0.4, -0.2) is 46.2 Å². The first-order valence-electron chi connectivity index (χ1n) is 8.70. The van der Waals surface area contributed by atoms with Crippen molar-refractivity contribution >= 4 is 5.91 Å². The first kappa shape index (κ1) is 15.1. The molecule has 1 aliphatic heterocycles. The molecule has 2 aliphatic carbocycles. The maximum atomic E-state index is 12.8. The molecule has 1 aromatic heterocycles. The van der Waals surface area contributed by atoms with Gasteiger partial charge in [0, 0.05) is 43.8 Å². The highest BCUT2D eigenvalue weighted by atomic mass is 16.5. The lowest BCUT2D eigenvalue weighted by molar-refractivity contribution is -0.145. The van der Waals surface area contributed by atoms with Gasteiger partial charge in [-0.2, -0.15) is 5.10 Å². The van der Waals surface area contributed by atoms with Crippen LogP contribution in [0.4, 0.5) is 0 Å². The number of hydrogen-bond acceptors (Lipinski definition) is 4. The van der Waals surface area contributed by atoms with Crippen LogP contribution in [0.3, 0.4) is 0 Å². The van der Waals surface area contributed by atoms with Gasteiger partial charge in [-0.1, -0.05) is 6.42 Å². The summed E-state index contributed by atoms with van der Waals surface area (Å²) in [6.07, 6.45) is 7.27. The normalized spacial score (nSPS) is 29.8. The number of rotatable bonds is 3. The highest BCUT2D eigenvalue weighted by Gasteiger charge is 2.55. The smallest absolute Gasteiger partial charge is 0.255 e. The van der Waals surface area contributed by atoms with Gasteiger partial charge in [0.25, 0.3) is 5.91 Å². The van der Waals surface area contributed by atoms with Gasteiger partial charge >= 0.3 is 0 Å². The SMILES string of the molecule is Cn1cc(C(=O)N[C@@H]2C[C@@H](O)C23CCOCC3)c(C2CCC2)n1. The summed E-state index contributed by atoms with van der Waals surface area (Å²) in [5.74, 6) is 0.392. The zero-order valence-corrected chi connectivity index (χ0v) is 13.6. The molecule has 126 valence electrons. The highest BCUT2D eigenvalue weighted by Crippen LogP contribution is 2.49. The van der Waals surface area contributed by atoms with Gasteiger partial charge in [0.1, 0.15) is 0 Å². The second-order valence-corrected chi connectivity index (χ2v) is 7.35. The summed E-state index contributed by atoms with van der Waals surface area (Å²) in [4.78, 5) is 12.8. The van der Waals surface area contributed by atoms with Gasteiger partial charge < -0.3 is 15.2 Å².